The maximum absolute atomic E-state index is 14.2. The number of aromatic nitrogens is 2. The molecule has 1 aliphatic rings. The number of carboxylic acid groups (broad SMARTS) is 1. The van der Waals surface area contributed by atoms with Gasteiger partial charge in [-0.25, -0.2) is 14.2 Å². The van der Waals surface area contributed by atoms with Crippen molar-refractivity contribution in [3.8, 4) is 5.75 Å². The lowest BCUT2D eigenvalue weighted by molar-refractivity contribution is -0.146. The number of aliphatic hydroxyl groups excluding tert-OH is 1. The minimum absolute atomic E-state index is 0.0718. The van der Waals surface area contributed by atoms with Crippen molar-refractivity contribution < 1.29 is 29.3 Å². The van der Waals surface area contributed by atoms with Gasteiger partial charge in [0.05, 0.1) is 35.1 Å². The predicted molar refractivity (Wildman–Crippen MR) is 164 cm³/mol. The Morgan fingerprint density at radius 3 is 2.40 bits per heavy atom. The molecule has 0 saturated heterocycles. The average molecular weight is 616 g/mol. The SMILES string of the molecule is CCNC(=O)c1sc2c(c1C)c(=O)n(C(C)(C)C(=O)O)c(=O)n2C[C@H](O[C@H]1CC[C@H](O)CC1)c1ccccc1OC(C)C. The predicted octanol–water partition coefficient (Wildman–Crippen LogP) is 3.95. The molecule has 2 aromatic heterocycles. The molecule has 43 heavy (non-hydrogen) atoms. The van der Waals surface area contributed by atoms with Gasteiger partial charge in [0.25, 0.3) is 11.5 Å². The third-order valence-corrected chi connectivity index (χ3v) is 9.13. The number of rotatable bonds is 11. The summed E-state index contributed by atoms with van der Waals surface area (Å²) in [6, 6.07) is 7.38. The number of hydrogen-bond donors (Lipinski definition) is 3. The van der Waals surface area contributed by atoms with Crippen LogP contribution in [0.15, 0.2) is 33.9 Å². The van der Waals surface area contributed by atoms with Crippen LogP contribution in [0, 0.1) is 6.92 Å². The molecule has 1 aromatic carbocycles. The topological polar surface area (TPSA) is 149 Å². The molecule has 1 fully saturated rings. The van der Waals surface area contributed by atoms with Gasteiger partial charge in [0, 0.05) is 12.1 Å². The Labute approximate surface area is 254 Å². The molecule has 2 heterocycles. The Bertz CT molecular complexity index is 1610. The maximum atomic E-state index is 14.2. The van der Waals surface area contributed by atoms with E-state index in [1.165, 1.54) is 18.4 Å². The zero-order chi connectivity index (χ0) is 31.6. The normalized spacial score (nSPS) is 18.1. The molecule has 234 valence electrons. The molecule has 1 atom stereocenters. The number of nitrogens with zero attached hydrogens (tertiary/aromatic N) is 2. The van der Waals surface area contributed by atoms with E-state index in [1.54, 1.807) is 13.8 Å². The van der Waals surface area contributed by atoms with Gasteiger partial charge in [0.1, 0.15) is 22.2 Å². The molecule has 3 aromatic rings. The molecular weight excluding hydrogens is 574 g/mol. The fraction of sp³-hybridized carbons (Fsp3) is 0.548. The zero-order valence-electron chi connectivity index (χ0n) is 25.5. The van der Waals surface area contributed by atoms with Gasteiger partial charge < -0.3 is 25.0 Å². The second-order valence-corrected chi connectivity index (χ2v) is 12.8. The highest BCUT2D eigenvalue weighted by molar-refractivity contribution is 7.20. The van der Waals surface area contributed by atoms with Gasteiger partial charge >= 0.3 is 11.7 Å². The molecule has 0 radical (unpaired) electrons. The van der Waals surface area contributed by atoms with Crippen LogP contribution in [0.1, 0.15) is 87.2 Å². The van der Waals surface area contributed by atoms with Crippen LogP contribution in [0.25, 0.3) is 10.2 Å². The van der Waals surface area contributed by atoms with Crippen LogP contribution in [0.5, 0.6) is 5.75 Å². The van der Waals surface area contributed by atoms with Gasteiger partial charge in [-0.15, -0.1) is 11.3 Å². The summed E-state index contributed by atoms with van der Waals surface area (Å²) in [4.78, 5) is 53.8. The van der Waals surface area contributed by atoms with Gasteiger partial charge in [-0.1, -0.05) is 18.2 Å². The third kappa shape index (κ3) is 6.56. The molecule has 11 nitrogen and oxygen atoms in total. The molecule has 4 rings (SSSR count). The third-order valence-electron chi connectivity index (χ3n) is 7.82. The zero-order valence-corrected chi connectivity index (χ0v) is 26.3. The van der Waals surface area contributed by atoms with E-state index in [1.807, 2.05) is 38.1 Å². The quantitative estimate of drug-likeness (QED) is 0.294. The summed E-state index contributed by atoms with van der Waals surface area (Å²) in [5, 5.41) is 23.0. The first-order valence-corrected chi connectivity index (χ1v) is 15.5. The van der Waals surface area contributed by atoms with Gasteiger partial charge in [0.2, 0.25) is 0 Å². The van der Waals surface area contributed by atoms with Crippen molar-refractivity contribution in [1.82, 2.24) is 14.5 Å². The van der Waals surface area contributed by atoms with Crippen LogP contribution in [0.3, 0.4) is 0 Å². The first-order valence-electron chi connectivity index (χ1n) is 14.7. The Hall–Kier alpha value is -3.48. The number of carboxylic acids is 1. The number of thiophene rings is 1. The summed E-state index contributed by atoms with van der Waals surface area (Å²) in [7, 11) is 0. The highest BCUT2D eigenvalue weighted by Crippen LogP contribution is 2.35. The lowest BCUT2D eigenvalue weighted by Crippen LogP contribution is -2.52. The van der Waals surface area contributed by atoms with Crippen molar-refractivity contribution >= 4 is 33.4 Å². The van der Waals surface area contributed by atoms with Crippen LogP contribution in [-0.4, -0.2) is 56.1 Å². The fourth-order valence-electron chi connectivity index (χ4n) is 5.46. The maximum Gasteiger partial charge on any atom is 0.333 e. The van der Waals surface area contributed by atoms with E-state index < -0.39 is 28.9 Å². The van der Waals surface area contributed by atoms with E-state index in [4.69, 9.17) is 9.47 Å². The number of aliphatic carboxylic acids is 1. The molecule has 3 N–H and O–H groups in total. The standard InChI is InChI=1S/C31H41N3O8S/c1-7-32-26(36)25-18(4)24-27(37)34(31(5,6)29(38)39)30(40)33(28(24)43-25)16-23(42-20-14-12-19(35)13-15-20)21-10-8-9-11-22(21)41-17(2)3/h8-11,17,19-20,23,35H,7,12-16H2,1-6H3,(H,32,36)(H,38,39)/t19-,20-,23-/m0/s1. The lowest BCUT2D eigenvalue weighted by Gasteiger charge is -2.31. The first kappa shape index (κ1) is 32.4. The van der Waals surface area contributed by atoms with Crippen molar-refractivity contribution in [1.29, 1.82) is 0 Å². The number of fused-ring (bicyclic) bond motifs is 1. The number of hydrogen-bond acceptors (Lipinski definition) is 8. The molecule has 12 heteroatoms. The summed E-state index contributed by atoms with van der Waals surface area (Å²) in [6.07, 6.45) is 0.960. The van der Waals surface area contributed by atoms with Crippen LogP contribution >= 0.6 is 11.3 Å². The summed E-state index contributed by atoms with van der Waals surface area (Å²) in [5.74, 6) is -1.15. The molecule has 1 amide bonds. The summed E-state index contributed by atoms with van der Waals surface area (Å²) >= 11 is 1.02. The average Bonchev–Trinajstić information content (AvgIpc) is 3.29. The Balaban J connectivity index is 1.98. The van der Waals surface area contributed by atoms with Crippen molar-refractivity contribution in [3.05, 3.63) is 61.1 Å². The number of carbonyl (C=O) groups excluding carboxylic acids is 1. The molecule has 1 saturated carbocycles. The van der Waals surface area contributed by atoms with E-state index in [9.17, 15) is 29.4 Å². The molecule has 0 aliphatic heterocycles. The highest BCUT2D eigenvalue weighted by Gasteiger charge is 2.36. The van der Waals surface area contributed by atoms with Crippen molar-refractivity contribution in [2.45, 2.75) is 104 Å². The smallest absolute Gasteiger partial charge is 0.333 e. The second kappa shape index (κ2) is 13.0. The summed E-state index contributed by atoms with van der Waals surface area (Å²) < 4.78 is 14.9. The number of carbonyl (C=O) groups is 2. The molecule has 0 bridgehead atoms. The largest absolute Gasteiger partial charge is 0.491 e. The first-order chi connectivity index (χ1) is 20.3. The van der Waals surface area contributed by atoms with Gasteiger partial charge in [0.15, 0.2) is 0 Å². The Morgan fingerprint density at radius 2 is 1.79 bits per heavy atom. The minimum Gasteiger partial charge on any atom is -0.491 e. The highest BCUT2D eigenvalue weighted by atomic mass is 32.1. The lowest BCUT2D eigenvalue weighted by atomic mass is 9.94. The second-order valence-electron chi connectivity index (χ2n) is 11.8. The number of amides is 1. The number of aryl methyl sites for hydroxylation is 1. The number of ether oxygens (including phenoxy) is 2. The van der Waals surface area contributed by atoms with Crippen LogP contribution in [-0.2, 0) is 21.6 Å². The Morgan fingerprint density at radius 1 is 1.14 bits per heavy atom. The van der Waals surface area contributed by atoms with E-state index in [0.717, 1.165) is 15.9 Å². The van der Waals surface area contributed by atoms with E-state index in [2.05, 4.69) is 5.32 Å². The van der Waals surface area contributed by atoms with Crippen LogP contribution < -0.4 is 21.3 Å². The molecule has 1 aliphatic carbocycles. The van der Waals surface area contributed by atoms with Crippen molar-refractivity contribution in [3.63, 3.8) is 0 Å². The van der Waals surface area contributed by atoms with Crippen LogP contribution in [0.2, 0.25) is 0 Å². The molecule has 0 unspecified atom stereocenters. The molecular formula is C31H41N3O8S. The fourth-order valence-corrected chi connectivity index (χ4v) is 6.67. The number of nitrogens with one attached hydrogen (secondary N) is 1. The van der Waals surface area contributed by atoms with E-state index in [-0.39, 0.29) is 45.9 Å². The molecule has 0 spiro atoms. The van der Waals surface area contributed by atoms with Crippen LogP contribution in [0.4, 0.5) is 0 Å². The summed E-state index contributed by atoms with van der Waals surface area (Å²) in [5.41, 5.74) is -2.39. The Kier molecular flexibility index (Phi) is 9.83. The van der Waals surface area contributed by atoms with E-state index in [0.29, 0.717) is 49.1 Å². The van der Waals surface area contributed by atoms with Gasteiger partial charge in [-0.2, -0.15) is 0 Å². The van der Waals surface area contributed by atoms with Gasteiger partial charge in [-0.05, 0) is 78.9 Å². The van der Waals surface area contributed by atoms with Crippen molar-refractivity contribution in [2.75, 3.05) is 6.54 Å². The van der Waals surface area contributed by atoms with E-state index >= 15 is 0 Å². The number of benzene rings is 1. The minimum atomic E-state index is -1.88. The number of para-hydroxylation sites is 1. The summed E-state index contributed by atoms with van der Waals surface area (Å²) in [6.45, 7) is 10.1. The monoisotopic (exact) mass is 615 g/mol. The number of aliphatic hydroxyl groups is 1. The van der Waals surface area contributed by atoms with Crippen molar-refractivity contribution in [2.24, 2.45) is 0 Å². The van der Waals surface area contributed by atoms with Gasteiger partial charge in [-0.3, -0.25) is 14.2 Å².